The molecule has 0 bridgehead atoms. The summed E-state index contributed by atoms with van der Waals surface area (Å²) in [6.45, 7) is 2.74. The first kappa shape index (κ1) is 7.76. The highest BCUT2D eigenvalue weighted by atomic mass is 15.1. The predicted molar refractivity (Wildman–Crippen MR) is 46.7 cm³/mol. The summed E-state index contributed by atoms with van der Waals surface area (Å²) >= 11 is 0. The molecular formula is C8H14N4. The lowest BCUT2D eigenvalue weighted by atomic mass is 10.0. The predicted octanol–water partition coefficient (Wildman–Crippen LogP) is -0.0547. The smallest absolute Gasteiger partial charge is 0.0535 e. The fourth-order valence-electron chi connectivity index (χ4n) is 1.74. The molecule has 1 fully saturated rings. The van der Waals surface area contributed by atoms with E-state index in [1.807, 2.05) is 6.20 Å². The Balaban J connectivity index is 2.19. The van der Waals surface area contributed by atoms with Gasteiger partial charge in [-0.15, -0.1) is 0 Å². The van der Waals surface area contributed by atoms with E-state index < -0.39 is 0 Å². The number of nitrogens with zero attached hydrogens (tertiary/aromatic N) is 1. The molecular weight excluding hydrogens is 152 g/mol. The number of hydrogen-bond donors (Lipinski definition) is 3. The van der Waals surface area contributed by atoms with Crippen molar-refractivity contribution in [2.24, 2.45) is 5.73 Å². The second-order valence-corrected chi connectivity index (χ2v) is 3.20. The summed E-state index contributed by atoms with van der Waals surface area (Å²) < 4.78 is 0. The van der Waals surface area contributed by atoms with Crippen LogP contribution in [0.2, 0.25) is 0 Å². The van der Waals surface area contributed by atoms with Crippen LogP contribution in [0.5, 0.6) is 0 Å². The van der Waals surface area contributed by atoms with Crippen molar-refractivity contribution in [1.29, 1.82) is 0 Å². The van der Waals surface area contributed by atoms with Crippen molar-refractivity contribution in [3.05, 3.63) is 17.5 Å². The van der Waals surface area contributed by atoms with Crippen LogP contribution in [0.15, 0.2) is 6.20 Å². The van der Waals surface area contributed by atoms with Crippen molar-refractivity contribution >= 4 is 0 Å². The second kappa shape index (κ2) is 3.25. The van der Waals surface area contributed by atoms with Gasteiger partial charge in [0.15, 0.2) is 0 Å². The van der Waals surface area contributed by atoms with Crippen LogP contribution in [-0.4, -0.2) is 23.3 Å². The van der Waals surface area contributed by atoms with E-state index in [1.54, 1.807) is 0 Å². The maximum Gasteiger partial charge on any atom is 0.0535 e. The van der Waals surface area contributed by atoms with E-state index in [-0.39, 0.29) is 0 Å². The molecule has 0 saturated carbocycles. The minimum atomic E-state index is 0.586. The van der Waals surface area contributed by atoms with E-state index in [4.69, 9.17) is 5.73 Å². The first-order valence-corrected chi connectivity index (χ1v) is 4.34. The van der Waals surface area contributed by atoms with Crippen LogP contribution in [0, 0.1) is 0 Å². The summed E-state index contributed by atoms with van der Waals surface area (Å²) in [6.07, 6.45) is 3.02. The highest BCUT2D eigenvalue weighted by molar-refractivity contribution is 5.21. The molecule has 1 saturated heterocycles. The molecule has 4 heteroatoms. The molecule has 1 aromatic heterocycles. The van der Waals surface area contributed by atoms with Crippen molar-refractivity contribution in [2.75, 3.05) is 13.1 Å². The Bertz CT molecular complexity index is 249. The number of H-pyrrole nitrogens is 1. The molecule has 0 radical (unpaired) electrons. The zero-order valence-electron chi connectivity index (χ0n) is 7.01. The van der Waals surface area contributed by atoms with Crippen LogP contribution in [-0.2, 0) is 6.54 Å². The van der Waals surface area contributed by atoms with Gasteiger partial charge in [0.05, 0.1) is 6.20 Å². The summed E-state index contributed by atoms with van der Waals surface area (Å²) in [5.74, 6) is 0.589. The van der Waals surface area contributed by atoms with Crippen LogP contribution >= 0.6 is 0 Å². The monoisotopic (exact) mass is 166 g/mol. The van der Waals surface area contributed by atoms with Crippen LogP contribution in [0.4, 0.5) is 0 Å². The van der Waals surface area contributed by atoms with Crippen molar-refractivity contribution in [1.82, 2.24) is 15.5 Å². The van der Waals surface area contributed by atoms with Gasteiger partial charge in [-0.1, -0.05) is 0 Å². The molecule has 4 N–H and O–H groups in total. The summed E-state index contributed by atoms with van der Waals surface area (Å²) in [5.41, 5.74) is 7.96. The average molecular weight is 166 g/mol. The first-order valence-electron chi connectivity index (χ1n) is 4.34. The van der Waals surface area contributed by atoms with Gasteiger partial charge in [0.2, 0.25) is 0 Å². The molecule has 2 heterocycles. The maximum atomic E-state index is 5.58. The van der Waals surface area contributed by atoms with E-state index >= 15 is 0 Å². The third kappa shape index (κ3) is 1.23. The Morgan fingerprint density at radius 1 is 1.67 bits per heavy atom. The summed E-state index contributed by atoms with van der Waals surface area (Å²) in [5, 5.41) is 10.4. The molecule has 1 aromatic rings. The largest absolute Gasteiger partial charge is 0.326 e. The molecule has 66 valence electrons. The molecule has 2 rings (SSSR count). The van der Waals surface area contributed by atoms with E-state index in [0.717, 1.165) is 18.7 Å². The Kier molecular flexibility index (Phi) is 2.10. The van der Waals surface area contributed by atoms with Gasteiger partial charge in [-0.05, 0) is 13.0 Å². The highest BCUT2D eigenvalue weighted by Crippen LogP contribution is 2.22. The quantitative estimate of drug-likeness (QED) is 0.577. The second-order valence-electron chi connectivity index (χ2n) is 3.20. The van der Waals surface area contributed by atoms with Crippen LogP contribution < -0.4 is 11.1 Å². The average Bonchev–Trinajstić information content (AvgIpc) is 2.74. The molecule has 0 spiro atoms. The Hall–Kier alpha value is -0.870. The number of nitrogens with one attached hydrogen (secondary N) is 2. The van der Waals surface area contributed by atoms with Crippen molar-refractivity contribution in [3.8, 4) is 0 Å². The minimum Gasteiger partial charge on any atom is -0.326 e. The number of nitrogens with two attached hydrogens (primary N) is 1. The molecule has 0 amide bonds. The van der Waals surface area contributed by atoms with Gasteiger partial charge in [0, 0.05) is 30.3 Å². The molecule has 1 aliphatic heterocycles. The molecule has 4 nitrogen and oxygen atoms in total. The van der Waals surface area contributed by atoms with Crippen LogP contribution in [0.25, 0.3) is 0 Å². The van der Waals surface area contributed by atoms with Gasteiger partial charge in [0.1, 0.15) is 0 Å². The van der Waals surface area contributed by atoms with Crippen LogP contribution in [0.3, 0.4) is 0 Å². The van der Waals surface area contributed by atoms with Crippen LogP contribution in [0.1, 0.15) is 23.6 Å². The summed E-state index contributed by atoms with van der Waals surface area (Å²) in [4.78, 5) is 0. The topological polar surface area (TPSA) is 66.7 Å². The third-order valence-corrected chi connectivity index (χ3v) is 2.44. The standard InChI is InChI=1S/C8H14N4/c9-3-7-5-11-12-8(7)6-1-2-10-4-6/h5-6,10H,1-4,9H2,(H,11,12). The third-order valence-electron chi connectivity index (χ3n) is 2.44. The zero-order chi connectivity index (χ0) is 8.39. The first-order chi connectivity index (χ1) is 5.92. The number of aromatic amines is 1. The fourth-order valence-corrected chi connectivity index (χ4v) is 1.74. The van der Waals surface area contributed by atoms with Crippen molar-refractivity contribution in [2.45, 2.75) is 18.9 Å². The van der Waals surface area contributed by atoms with Gasteiger partial charge in [-0.3, -0.25) is 5.10 Å². The van der Waals surface area contributed by atoms with E-state index in [1.165, 1.54) is 12.1 Å². The molecule has 1 aliphatic rings. The van der Waals surface area contributed by atoms with Gasteiger partial charge in [0.25, 0.3) is 0 Å². The van der Waals surface area contributed by atoms with E-state index in [9.17, 15) is 0 Å². The summed E-state index contributed by atoms with van der Waals surface area (Å²) in [7, 11) is 0. The molecule has 1 unspecified atom stereocenters. The van der Waals surface area contributed by atoms with Crippen molar-refractivity contribution in [3.63, 3.8) is 0 Å². The zero-order valence-corrected chi connectivity index (χ0v) is 7.01. The molecule has 1 atom stereocenters. The lowest BCUT2D eigenvalue weighted by Gasteiger charge is -2.06. The Morgan fingerprint density at radius 3 is 3.25 bits per heavy atom. The SMILES string of the molecule is NCc1cn[nH]c1C1CCNC1. The van der Waals surface area contributed by atoms with Gasteiger partial charge >= 0.3 is 0 Å². The molecule has 12 heavy (non-hydrogen) atoms. The van der Waals surface area contributed by atoms with E-state index in [0.29, 0.717) is 12.5 Å². The number of aromatic nitrogens is 2. The Morgan fingerprint density at radius 2 is 2.58 bits per heavy atom. The minimum absolute atomic E-state index is 0.586. The summed E-state index contributed by atoms with van der Waals surface area (Å²) in [6, 6.07) is 0. The molecule has 0 aliphatic carbocycles. The van der Waals surface area contributed by atoms with Gasteiger partial charge in [-0.25, -0.2) is 0 Å². The normalized spacial score (nSPS) is 23.2. The highest BCUT2D eigenvalue weighted by Gasteiger charge is 2.20. The lowest BCUT2D eigenvalue weighted by molar-refractivity contribution is 0.719. The van der Waals surface area contributed by atoms with Gasteiger partial charge in [-0.2, -0.15) is 5.10 Å². The fraction of sp³-hybridized carbons (Fsp3) is 0.625. The maximum absolute atomic E-state index is 5.58. The molecule has 0 aromatic carbocycles. The Labute approximate surface area is 71.5 Å². The van der Waals surface area contributed by atoms with E-state index in [2.05, 4.69) is 15.5 Å². The number of rotatable bonds is 2. The van der Waals surface area contributed by atoms with Gasteiger partial charge < -0.3 is 11.1 Å². The lowest BCUT2D eigenvalue weighted by Crippen LogP contribution is -2.10. The van der Waals surface area contributed by atoms with Crippen molar-refractivity contribution < 1.29 is 0 Å². The number of hydrogen-bond acceptors (Lipinski definition) is 3.